The van der Waals surface area contributed by atoms with E-state index in [2.05, 4.69) is 9.97 Å². The first-order valence-corrected chi connectivity index (χ1v) is 6.51. The van der Waals surface area contributed by atoms with Crippen LogP contribution in [0, 0.1) is 0 Å². The van der Waals surface area contributed by atoms with Crippen molar-refractivity contribution >= 4 is 17.4 Å². The van der Waals surface area contributed by atoms with Gasteiger partial charge in [0.05, 0.1) is 0 Å². The van der Waals surface area contributed by atoms with Crippen LogP contribution in [-0.4, -0.2) is 28.7 Å². The first-order chi connectivity index (χ1) is 8.79. The molecule has 0 amide bonds. The van der Waals surface area contributed by atoms with E-state index in [1.54, 1.807) is 0 Å². The van der Waals surface area contributed by atoms with Gasteiger partial charge in [-0.05, 0) is 18.8 Å². The summed E-state index contributed by atoms with van der Waals surface area (Å²) in [5, 5.41) is 0.229. The third-order valence-electron chi connectivity index (χ3n) is 3.00. The summed E-state index contributed by atoms with van der Waals surface area (Å²) in [6, 6.07) is -0.0925. The highest BCUT2D eigenvalue weighted by atomic mass is 35.5. The molecule has 0 saturated heterocycles. The highest BCUT2D eigenvalue weighted by Crippen LogP contribution is 2.38. The Bertz CT molecular complexity index is 458. The summed E-state index contributed by atoms with van der Waals surface area (Å²) in [6.07, 6.45) is -1.52. The molecule has 3 nitrogen and oxygen atoms in total. The van der Waals surface area contributed by atoms with E-state index in [9.17, 15) is 13.2 Å². The molecule has 0 atom stereocenters. The molecular weight excluding hydrogens is 279 g/mol. The summed E-state index contributed by atoms with van der Waals surface area (Å²) < 4.78 is 38.1. The first-order valence-electron chi connectivity index (χ1n) is 6.13. The van der Waals surface area contributed by atoms with Gasteiger partial charge in [-0.25, -0.2) is 9.97 Å². The largest absolute Gasteiger partial charge is 0.405 e. The van der Waals surface area contributed by atoms with Gasteiger partial charge in [0.2, 0.25) is 0 Å². The summed E-state index contributed by atoms with van der Waals surface area (Å²) in [6.45, 7) is 2.74. The SMILES string of the molecule is CC(C)c1c(Cl)ncnc1N(CC(F)(F)F)C1CC1. The molecule has 19 heavy (non-hydrogen) atoms. The van der Waals surface area contributed by atoms with Crippen LogP contribution >= 0.6 is 11.6 Å². The number of rotatable bonds is 4. The minimum Gasteiger partial charge on any atom is -0.344 e. The van der Waals surface area contributed by atoms with Crippen LogP contribution in [0.1, 0.15) is 38.2 Å². The van der Waals surface area contributed by atoms with Crippen LogP contribution in [0.15, 0.2) is 6.33 Å². The van der Waals surface area contributed by atoms with E-state index in [1.807, 2.05) is 13.8 Å². The number of hydrogen-bond donors (Lipinski definition) is 0. The molecule has 7 heteroatoms. The van der Waals surface area contributed by atoms with E-state index in [-0.39, 0.29) is 17.1 Å². The van der Waals surface area contributed by atoms with Gasteiger partial charge in [-0.3, -0.25) is 0 Å². The Morgan fingerprint density at radius 2 is 2.00 bits per heavy atom. The van der Waals surface area contributed by atoms with Crippen molar-refractivity contribution in [1.29, 1.82) is 0 Å². The van der Waals surface area contributed by atoms with Crippen LogP contribution in [-0.2, 0) is 0 Å². The maximum Gasteiger partial charge on any atom is 0.405 e. The molecular formula is C12H15ClF3N3. The van der Waals surface area contributed by atoms with Crippen molar-refractivity contribution in [2.24, 2.45) is 0 Å². The van der Waals surface area contributed by atoms with E-state index in [0.29, 0.717) is 11.4 Å². The summed E-state index contributed by atoms with van der Waals surface area (Å²) in [4.78, 5) is 9.21. The van der Waals surface area contributed by atoms with Gasteiger partial charge in [0.1, 0.15) is 23.8 Å². The van der Waals surface area contributed by atoms with Gasteiger partial charge in [0, 0.05) is 11.6 Å². The Balaban J connectivity index is 2.39. The van der Waals surface area contributed by atoms with Gasteiger partial charge in [-0.1, -0.05) is 25.4 Å². The second-order valence-electron chi connectivity index (χ2n) is 5.03. The predicted molar refractivity (Wildman–Crippen MR) is 67.6 cm³/mol. The van der Waals surface area contributed by atoms with Gasteiger partial charge < -0.3 is 4.90 Å². The lowest BCUT2D eigenvalue weighted by Gasteiger charge is -2.27. The zero-order valence-corrected chi connectivity index (χ0v) is 11.5. The number of nitrogens with zero attached hydrogens (tertiary/aromatic N) is 3. The van der Waals surface area contributed by atoms with Crippen LogP contribution in [0.5, 0.6) is 0 Å². The van der Waals surface area contributed by atoms with E-state index in [1.165, 1.54) is 11.2 Å². The number of aromatic nitrogens is 2. The third kappa shape index (κ3) is 3.49. The lowest BCUT2D eigenvalue weighted by molar-refractivity contribution is -0.120. The topological polar surface area (TPSA) is 29.0 Å². The Morgan fingerprint density at radius 1 is 1.37 bits per heavy atom. The summed E-state index contributed by atoms with van der Waals surface area (Å²) >= 11 is 6.01. The van der Waals surface area contributed by atoms with Gasteiger partial charge in [-0.2, -0.15) is 13.2 Å². The zero-order chi connectivity index (χ0) is 14.2. The summed E-state index contributed by atoms with van der Waals surface area (Å²) in [5.74, 6) is 0.285. The normalized spacial score (nSPS) is 15.9. The van der Waals surface area contributed by atoms with Gasteiger partial charge in [0.15, 0.2) is 0 Å². The van der Waals surface area contributed by atoms with Crippen molar-refractivity contribution in [3.63, 3.8) is 0 Å². The van der Waals surface area contributed by atoms with Crippen molar-refractivity contribution in [2.75, 3.05) is 11.4 Å². The number of hydrogen-bond acceptors (Lipinski definition) is 3. The Labute approximate surface area is 114 Å². The highest BCUT2D eigenvalue weighted by molar-refractivity contribution is 6.30. The second-order valence-corrected chi connectivity index (χ2v) is 5.39. The predicted octanol–water partition coefficient (Wildman–Crippen LogP) is 3.78. The molecule has 1 saturated carbocycles. The maximum absolute atomic E-state index is 12.7. The summed E-state index contributed by atoms with van der Waals surface area (Å²) in [5.41, 5.74) is 0.584. The van der Waals surface area contributed by atoms with E-state index in [4.69, 9.17) is 11.6 Å². The zero-order valence-electron chi connectivity index (χ0n) is 10.7. The molecule has 0 aromatic carbocycles. The lowest BCUT2D eigenvalue weighted by atomic mass is 10.1. The molecule has 0 bridgehead atoms. The van der Waals surface area contributed by atoms with E-state index >= 15 is 0 Å². The average molecular weight is 294 g/mol. The average Bonchev–Trinajstić information content (AvgIpc) is 3.07. The van der Waals surface area contributed by atoms with Crippen molar-refractivity contribution in [3.05, 3.63) is 17.0 Å². The smallest absolute Gasteiger partial charge is 0.344 e. The van der Waals surface area contributed by atoms with Gasteiger partial charge in [-0.15, -0.1) is 0 Å². The minimum atomic E-state index is -4.26. The fraction of sp³-hybridized carbons (Fsp3) is 0.667. The summed E-state index contributed by atoms with van der Waals surface area (Å²) in [7, 11) is 0. The van der Waals surface area contributed by atoms with Gasteiger partial charge in [0.25, 0.3) is 0 Å². The maximum atomic E-state index is 12.7. The second kappa shape index (κ2) is 5.15. The van der Waals surface area contributed by atoms with Crippen LogP contribution in [0.4, 0.5) is 19.0 Å². The van der Waals surface area contributed by atoms with E-state index < -0.39 is 12.7 Å². The molecule has 0 aliphatic heterocycles. The van der Waals surface area contributed by atoms with E-state index in [0.717, 1.165) is 12.8 Å². The first kappa shape index (κ1) is 14.4. The fourth-order valence-electron chi connectivity index (χ4n) is 2.05. The molecule has 1 heterocycles. The Hall–Kier alpha value is -1.04. The Morgan fingerprint density at radius 3 is 2.47 bits per heavy atom. The third-order valence-corrected chi connectivity index (χ3v) is 3.30. The van der Waals surface area contributed by atoms with Crippen LogP contribution in [0.2, 0.25) is 5.15 Å². The lowest BCUT2D eigenvalue weighted by Crippen LogP contribution is -2.37. The van der Waals surface area contributed by atoms with Gasteiger partial charge >= 0.3 is 6.18 Å². The molecule has 1 aliphatic carbocycles. The van der Waals surface area contributed by atoms with Crippen molar-refractivity contribution in [1.82, 2.24) is 9.97 Å². The molecule has 2 rings (SSSR count). The molecule has 1 aromatic heterocycles. The molecule has 0 N–H and O–H groups in total. The van der Waals surface area contributed by atoms with Crippen LogP contribution < -0.4 is 4.90 Å². The monoisotopic (exact) mass is 293 g/mol. The van der Waals surface area contributed by atoms with Crippen molar-refractivity contribution < 1.29 is 13.2 Å². The number of anilines is 1. The molecule has 1 aromatic rings. The van der Waals surface area contributed by atoms with Crippen LogP contribution in [0.25, 0.3) is 0 Å². The number of alkyl halides is 3. The minimum absolute atomic E-state index is 0.0295. The highest BCUT2D eigenvalue weighted by Gasteiger charge is 2.40. The quantitative estimate of drug-likeness (QED) is 0.791. The fourth-order valence-corrected chi connectivity index (χ4v) is 2.39. The molecule has 0 radical (unpaired) electrons. The standard InChI is InChI=1S/C12H15ClF3N3/c1-7(2)9-10(13)17-6-18-11(9)19(8-3-4-8)5-12(14,15)16/h6-8H,3-5H2,1-2H3. The Kier molecular flexibility index (Phi) is 3.90. The molecule has 1 aliphatic rings. The molecule has 0 unspecified atom stereocenters. The van der Waals surface area contributed by atoms with Crippen LogP contribution in [0.3, 0.4) is 0 Å². The molecule has 0 spiro atoms. The number of halogens is 4. The molecule has 106 valence electrons. The van der Waals surface area contributed by atoms with Crippen molar-refractivity contribution in [2.45, 2.75) is 44.8 Å². The molecule has 1 fully saturated rings. The van der Waals surface area contributed by atoms with Crippen molar-refractivity contribution in [3.8, 4) is 0 Å².